The van der Waals surface area contributed by atoms with Gasteiger partial charge in [-0.2, -0.15) is 4.57 Å². The van der Waals surface area contributed by atoms with E-state index in [9.17, 15) is 0 Å². The maximum atomic E-state index is 8.81. The summed E-state index contributed by atoms with van der Waals surface area (Å²) in [5.74, 6) is 0. The molecular weight excluding hydrogens is 320 g/mol. The molecule has 1 N–H and O–H groups in total. The number of anilines is 1. The van der Waals surface area contributed by atoms with Crippen LogP contribution in [-0.4, -0.2) is 25.8 Å². The number of rotatable bonds is 11. The first-order valence-corrected chi connectivity index (χ1v) is 9.75. The van der Waals surface area contributed by atoms with Crippen LogP contribution in [-0.2, 0) is 6.54 Å². The van der Waals surface area contributed by atoms with E-state index in [1.165, 1.54) is 42.6 Å². The van der Waals surface area contributed by atoms with Crippen LogP contribution >= 0.6 is 0 Å². The summed E-state index contributed by atoms with van der Waals surface area (Å²) in [6, 6.07) is 15.0. The number of hydrogen-bond donors (Lipinski definition) is 1. The summed E-state index contributed by atoms with van der Waals surface area (Å²) in [5.41, 5.74) is 3.68. The average molecular weight is 354 g/mol. The van der Waals surface area contributed by atoms with E-state index in [0.29, 0.717) is 6.61 Å². The van der Waals surface area contributed by atoms with E-state index < -0.39 is 0 Å². The molecule has 1 heterocycles. The second kappa shape index (κ2) is 11.5. The molecule has 0 saturated heterocycles. The molecule has 1 aromatic carbocycles. The van der Waals surface area contributed by atoms with Gasteiger partial charge in [0.1, 0.15) is 6.54 Å². The Morgan fingerprint density at radius 1 is 0.846 bits per heavy atom. The molecule has 0 aliphatic rings. The Morgan fingerprint density at radius 2 is 1.54 bits per heavy atom. The third-order valence-corrected chi connectivity index (χ3v) is 4.64. The van der Waals surface area contributed by atoms with Gasteiger partial charge in [0.05, 0.1) is 0 Å². The maximum absolute atomic E-state index is 8.81. The molecule has 0 saturated carbocycles. The van der Waals surface area contributed by atoms with E-state index in [1.807, 2.05) is 0 Å². The molecule has 3 heteroatoms. The first kappa shape index (κ1) is 20.2. The van der Waals surface area contributed by atoms with Crippen molar-refractivity contribution in [2.45, 2.75) is 45.1 Å². The van der Waals surface area contributed by atoms with Gasteiger partial charge in [-0.25, -0.2) is 0 Å². The molecule has 0 bridgehead atoms. The molecule has 140 valence electrons. The van der Waals surface area contributed by atoms with Gasteiger partial charge >= 0.3 is 0 Å². The first-order chi connectivity index (χ1) is 12.7. The van der Waals surface area contributed by atoms with Crippen molar-refractivity contribution in [2.24, 2.45) is 0 Å². The van der Waals surface area contributed by atoms with Gasteiger partial charge in [-0.05, 0) is 42.7 Å². The van der Waals surface area contributed by atoms with Crippen LogP contribution in [0.3, 0.4) is 0 Å². The van der Waals surface area contributed by atoms with Crippen molar-refractivity contribution in [1.29, 1.82) is 0 Å². The predicted octanol–water partition coefficient (Wildman–Crippen LogP) is 4.54. The Labute approximate surface area is 158 Å². The lowest BCUT2D eigenvalue weighted by Gasteiger charge is -2.11. The van der Waals surface area contributed by atoms with Crippen molar-refractivity contribution < 1.29 is 9.67 Å². The normalized spacial score (nSPS) is 11.2. The van der Waals surface area contributed by atoms with Crippen molar-refractivity contribution in [2.75, 3.05) is 25.6 Å². The summed E-state index contributed by atoms with van der Waals surface area (Å²) >= 11 is 0. The molecule has 0 unspecified atom stereocenters. The highest BCUT2D eigenvalue weighted by Crippen LogP contribution is 2.14. The van der Waals surface area contributed by atoms with Gasteiger partial charge in [-0.1, -0.05) is 31.4 Å². The highest BCUT2D eigenvalue weighted by atomic mass is 16.2. The second-order valence-corrected chi connectivity index (χ2v) is 6.98. The second-order valence-electron chi connectivity index (χ2n) is 6.98. The van der Waals surface area contributed by atoms with Gasteiger partial charge < -0.3 is 10.0 Å². The lowest BCUT2D eigenvalue weighted by molar-refractivity contribution is -0.699. The zero-order chi connectivity index (χ0) is 18.6. The van der Waals surface area contributed by atoms with E-state index in [0.717, 1.165) is 19.4 Å². The monoisotopic (exact) mass is 353 g/mol. The lowest BCUT2D eigenvalue weighted by Crippen LogP contribution is -2.36. The molecule has 0 radical (unpaired) electrons. The quantitative estimate of drug-likeness (QED) is 0.474. The Kier molecular flexibility index (Phi) is 8.91. The molecule has 0 amide bonds. The van der Waals surface area contributed by atoms with Crippen molar-refractivity contribution in [1.82, 2.24) is 0 Å². The van der Waals surface area contributed by atoms with Crippen molar-refractivity contribution in [3.05, 3.63) is 59.9 Å². The SMILES string of the molecule is CN(C)c1ccc(/C=C/c2cccc[n+]2CCCCCCCCO)cc1. The van der Waals surface area contributed by atoms with E-state index >= 15 is 0 Å². The smallest absolute Gasteiger partial charge is 0.205 e. The molecule has 26 heavy (non-hydrogen) atoms. The molecular formula is C23H33N2O+. The zero-order valence-electron chi connectivity index (χ0n) is 16.3. The van der Waals surface area contributed by atoms with Gasteiger partial charge in [-0.3, -0.25) is 0 Å². The van der Waals surface area contributed by atoms with Crippen LogP contribution < -0.4 is 9.47 Å². The molecule has 3 nitrogen and oxygen atoms in total. The number of aromatic nitrogens is 1. The molecule has 2 rings (SSSR count). The van der Waals surface area contributed by atoms with Gasteiger partial charge in [0.25, 0.3) is 0 Å². The van der Waals surface area contributed by atoms with E-state index in [2.05, 4.69) is 84.4 Å². The Hall–Kier alpha value is -2.13. The van der Waals surface area contributed by atoms with E-state index in [1.54, 1.807) is 0 Å². The minimum absolute atomic E-state index is 0.327. The molecule has 0 aliphatic heterocycles. The minimum atomic E-state index is 0.327. The van der Waals surface area contributed by atoms with Gasteiger partial charge in [0, 0.05) is 51.0 Å². The van der Waals surface area contributed by atoms with Gasteiger partial charge in [-0.15, -0.1) is 0 Å². The van der Waals surface area contributed by atoms with Crippen molar-refractivity contribution >= 4 is 17.8 Å². The summed E-state index contributed by atoms with van der Waals surface area (Å²) in [5, 5.41) is 8.81. The zero-order valence-corrected chi connectivity index (χ0v) is 16.3. The first-order valence-electron chi connectivity index (χ1n) is 9.75. The third-order valence-electron chi connectivity index (χ3n) is 4.64. The number of hydrogen-bond acceptors (Lipinski definition) is 2. The lowest BCUT2D eigenvalue weighted by atomic mass is 10.1. The Morgan fingerprint density at radius 3 is 2.23 bits per heavy atom. The van der Waals surface area contributed by atoms with Gasteiger partial charge in [0.2, 0.25) is 5.69 Å². The summed E-state index contributed by atoms with van der Waals surface area (Å²) in [6.45, 7) is 1.38. The number of aliphatic hydroxyl groups is 1. The summed E-state index contributed by atoms with van der Waals surface area (Å²) < 4.78 is 2.33. The molecule has 0 fully saturated rings. The average Bonchev–Trinajstić information content (AvgIpc) is 2.66. The topological polar surface area (TPSA) is 27.4 Å². The molecule has 0 spiro atoms. The molecule has 2 aromatic rings. The minimum Gasteiger partial charge on any atom is -0.396 e. The fourth-order valence-electron chi connectivity index (χ4n) is 3.01. The predicted molar refractivity (Wildman–Crippen MR) is 111 cm³/mol. The van der Waals surface area contributed by atoms with Crippen LogP contribution in [0.15, 0.2) is 48.7 Å². The molecule has 0 atom stereocenters. The van der Waals surface area contributed by atoms with Crippen LogP contribution in [0, 0.1) is 0 Å². The third kappa shape index (κ3) is 7.01. The van der Waals surface area contributed by atoms with Crippen LogP contribution in [0.4, 0.5) is 5.69 Å². The number of pyridine rings is 1. The van der Waals surface area contributed by atoms with Crippen LogP contribution in [0.5, 0.6) is 0 Å². The Balaban J connectivity index is 1.87. The number of aliphatic hydroxyl groups excluding tert-OH is 1. The molecule has 0 aliphatic carbocycles. The largest absolute Gasteiger partial charge is 0.396 e. The summed E-state index contributed by atoms with van der Waals surface area (Å²) in [4.78, 5) is 2.11. The number of unbranched alkanes of at least 4 members (excludes halogenated alkanes) is 5. The van der Waals surface area contributed by atoms with Gasteiger partial charge in [0.15, 0.2) is 6.20 Å². The fraction of sp³-hybridized carbons (Fsp3) is 0.435. The maximum Gasteiger partial charge on any atom is 0.205 e. The highest BCUT2D eigenvalue weighted by Gasteiger charge is 2.06. The van der Waals surface area contributed by atoms with E-state index in [4.69, 9.17) is 5.11 Å². The molecule has 1 aromatic heterocycles. The number of nitrogens with zero attached hydrogens (tertiary/aromatic N) is 2. The fourth-order valence-corrected chi connectivity index (χ4v) is 3.01. The standard InChI is InChI=1S/C23H33N2O/c1-24(2)22-15-12-21(13-16-22)14-17-23-11-7-9-19-25(23)18-8-5-3-4-6-10-20-26/h7,9,11-17,19,26H,3-6,8,10,18,20H2,1-2H3/q+1. The highest BCUT2D eigenvalue weighted by molar-refractivity contribution is 5.68. The van der Waals surface area contributed by atoms with Crippen LogP contribution in [0.1, 0.15) is 49.8 Å². The Bertz CT molecular complexity index is 662. The van der Waals surface area contributed by atoms with Crippen LogP contribution in [0.2, 0.25) is 0 Å². The summed E-state index contributed by atoms with van der Waals surface area (Å²) in [6.07, 6.45) is 13.6. The van der Waals surface area contributed by atoms with Crippen molar-refractivity contribution in [3.63, 3.8) is 0 Å². The van der Waals surface area contributed by atoms with Crippen molar-refractivity contribution in [3.8, 4) is 0 Å². The van der Waals surface area contributed by atoms with E-state index in [-0.39, 0.29) is 0 Å². The number of benzene rings is 1. The number of aryl methyl sites for hydroxylation is 1. The summed E-state index contributed by atoms with van der Waals surface area (Å²) in [7, 11) is 4.12. The van der Waals surface area contributed by atoms with Crippen LogP contribution in [0.25, 0.3) is 12.2 Å².